The van der Waals surface area contributed by atoms with E-state index in [0.717, 1.165) is 55.8 Å². The first-order valence-corrected chi connectivity index (χ1v) is 14.8. The summed E-state index contributed by atoms with van der Waals surface area (Å²) in [6, 6.07) is 13.3. The summed E-state index contributed by atoms with van der Waals surface area (Å²) in [7, 11) is 1.95. The molecule has 1 amide bonds. The number of unbranched alkanes of at least 4 members (excludes halogenated alkanes) is 1. The number of fused-ring (bicyclic) bond motifs is 3. The van der Waals surface area contributed by atoms with Gasteiger partial charge in [-0.25, -0.2) is 4.39 Å². The van der Waals surface area contributed by atoms with Gasteiger partial charge in [0.1, 0.15) is 16.9 Å². The number of nitrogens with two attached hydrogens (primary N) is 1. The normalized spacial score (nSPS) is 17.2. The number of amides is 1. The summed E-state index contributed by atoms with van der Waals surface area (Å²) in [6.45, 7) is 4.99. The molecule has 1 unspecified atom stereocenters. The fraction of sp³-hybridized carbons (Fsp3) is 0.353. The van der Waals surface area contributed by atoms with E-state index in [2.05, 4.69) is 11.9 Å². The van der Waals surface area contributed by atoms with Crippen LogP contribution in [-0.2, 0) is 6.42 Å². The number of carbonyl (C=O) groups is 1. The second kappa shape index (κ2) is 11.6. The molecule has 2 heterocycles. The Morgan fingerprint density at radius 3 is 2.74 bits per heavy atom. The lowest BCUT2D eigenvalue weighted by molar-refractivity contribution is 0.0951. The Balaban J connectivity index is 1.41. The number of nitrogens with zero attached hydrogens (tertiary/aromatic N) is 2. The third-order valence-electron chi connectivity index (χ3n) is 8.75. The van der Waals surface area contributed by atoms with Crippen molar-refractivity contribution >= 4 is 27.6 Å². The lowest BCUT2D eigenvalue weighted by Crippen LogP contribution is -2.31. The van der Waals surface area contributed by atoms with E-state index in [9.17, 15) is 9.59 Å². The monoisotopic (exact) mass is 568 g/mol. The molecule has 1 aliphatic heterocycles. The topological polar surface area (TPSA) is 89.6 Å². The first-order chi connectivity index (χ1) is 20.3. The Bertz CT molecular complexity index is 1750. The van der Waals surface area contributed by atoms with E-state index in [1.54, 1.807) is 12.4 Å². The number of aromatic nitrogens is 1. The summed E-state index contributed by atoms with van der Waals surface area (Å²) < 4.78 is 24.1. The summed E-state index contributed by atoms with van der Waals surface area (Å²) in [6.07, 6.45) is 9.21. The summed E-state index contributed by atoms with van der Waals surface area (Å²) in [4.78, 5) is 29.0. The third kappa shape index (κ3) is 5.27. The summed E-state index contributed by atoms with van der Waals surface area (Å²) in [5.41, 5.74) is 7.24. The van der Waals surface area contributed by atoms with Crippen LogP contribution in [-0.4, -0.2) is 41.6 Å². The highest BCUT2D eigenvalue weighted by molar-refractivity contribution is 6.00. The average molecular weight is 569 g/mol. The Morgan fingerprint density at radius 1 is 1.21 bits per heavy atom. The molecule has 1 aliphatic carbocycles. The van der Waals surface area contributed by atoms with Gasteiger partial charge in [0.05, 0.1) is 11.1 Å². The van der Waals surface area contributed by atoms with Crippen molar-refractivity contribution in [3.63, 3.8) is 0 Å². The van der Waals surface area contributed by atoms with E-state index >= 15 is 4.39 Å². The third-order valence-corrected chi connectivity index (χ3v) is 8.75. The molecule has 2 atom stereocenters. The highest BCUT2D eigenvalue weighted by Gasteiger charge is 2.30. The second-order valence-electron chi connectivity index (χ2n) is 11.7. The molecule has 6 rings (SSSR count). The minimum absolute atomic E-state index is 0.0234. The predicted molar refractivity (Wildman–Crippen MR) is 165 cm³/mol. The molecule has 7 nitrogen and oxygen atoms in total. The summed E-state index contributed by atoms with van der Waals surface area (Å²) in [5, 5.41) is 4.99. The van der Waals surface area contributed by atoms with Gasteiger partial charge in [-0.2, -0.15) is 0 Å². The molecule has 0 bridgehead atoms. The number of carbonyl (C=O) groups excluding carboxylic acids is 1. The number of rotatable bonds is 10. The van der Waals surface area contributed by atoms with Gasteiger partial charge in [0.25, 0.3) is 5.91 Å². The highest BCUT2D eigenvalue weighted by Crippen LogP contribution is 2.45. The molecule has 0 radical (unpaired) electrons. The molecule has 218 valence electrons. The van der Waals surface area contributed by atoms with Crippen molar-refractivity contribution in [3.8, 4) is 17.2 Å². The smallest absolute Gasteiger partial charge is 0.256 e. The van der Waals surface area contributed by atoms with Crippen molar-refractivity contribution in [3.05, 3.63) is 88.6 Å². The number of benzene rings is 3. The van der Waals surface area contributed by atoms with E-state index < -0.39 is 17.2 Å². The Morgan fingerprint density at radius 2 is 2.00 bits per heavy atom. The maximum absolute atomic E-state index is 15.8. The lowest BCUT2D eigenvalue weighted by Gasteiger charge is -2.27. The van der Waals surface area contributed by atoms with Crippen LogP contribution in [0.2, 0.25) is 0 Å². The van der Waals surface area contributed by atoms with Crippen molar-refractivity contribution in [2.75, 3.05) is 20.1 Å². The first kappa shape index (κ1) is 28.0. The van der Waals surface area contributed by atoms with Crippen LogP contribution in [0.4, 0.5) is 4.39 Å². The second-order valence-corrected chi connectivity index (χ2v) is 11.7. The van der Waals surface area contributed by atoms with Gasteiger partial charge in [-0.3, -0.25) is 9.59 Å². The van der Waals surface area contributed by atoms with Crippen molar-refractivity contribution in [2.24, 2.45) is 11.7 Å². The van der Waals surface area contributed by atoms with Gasteiger partial charge in [-0.15, -0.1) is 0 Å². The fourth-order valence-corrected chi connectivity index (χ4v) is 6.35. The van der Waals surface area contributed by atoms with Crippen LogP contribution in [0.5, 0.6) is 11.5 Å². The van der Waals surface area contributed by atoms with Crippen LogP contribution >= 0.6 is 0 Å². The molecule has 4 aromatic rings. The lowest BCUT2D eigenvalue weighted by atomic mass is 9.95. The van der Waals surface area contributed by atoms with Crippen LogP contribution in [0.3, 0.4) is 0 Å². The van der Waals surface area contributed by atoms with Gasteiger partial charge in [0.2, 0.25) is 5.43 Å². The number of hydrogen-bond acceptors (Lipinski definition) is 5. The molecular weight excluding hydrogens is 531 g/mol. The molecule has 1 aromatic heterocycles. The van der Waals surface area contributed by atoms with Gasteiger partial charge < -0.3 is 25.3 Å². The van der Waals surface area contributed by atoms with E-state index in [1.165, 1.54) is 6.07 Å². The van der Waals surface area contributed by atoms with E-state index in [0.29, 0.717) is 47.2 Å². The Hall–Kier alpha value is -4.17. The zero-order valence-corrected chi connectivity index (χ0v) is 24.0. The average Bonchev–Trinajstić information content (AvgIpc) is 3.41. The van der Waals surface area contributed by atoms with Crippen molar-refractivity contribution in [1.82, 2.24) is 14.8 Å². The van der Waals surface area contributed by atoms with Crippen LogP contribution in [0.1, 0.15) is 54.4 Å². The van der Waals surface area contributed by atoms with Crippen LogP contribution in [0.15, 0.2) is 66.2 Å². The number of ether oxygens (including phenoxy) is 1. The zero-order valence-electron chi connectivity index (χ0n) is 24.0. The standard InChI is InChI=1S/C34H37FN4O3/c1-3-38(2)15-7-6-14-37-34(41)27-20-39-29-17-22-8-4-5-9-23(22)18-30(29)42-33-25(13-11-21-10-12-24(36)16-21)28(35)19-26(31(33)39)32(27)40/h3-5,8-9,17-21,24H,1,6-7,10-16,36H2,2H3,(H,37,41)/t21?,24-/m1/s1. The van der Waals surface area contributed by atoms with E-state index in [4.69, 9.17) is 10.5 Å². The number of pyridine rings is 1. The molecular formula is C34H37FN4O3. The molecule has 8 heteroatoms. The maximum Gasteiger partial charge on any atom is 0.256 e. The zero-order chi connectivity index (χ0) is 29.4. The number of hydrogen-bond donors (Lipinski definition) is 2. The molecule has 1 saturated carbocycles. The number of nitrogens with one attached hydrogen (secondary N) is 1. The largest absolute Gasteiger partial charge is 0.452 e. The Labute approximate surface area is 244 Å². The molecule has 0 spiro atoms. The van der Waals surface area contributed by atoms with Crippen LogP contribution in [0, 0.1) is 11.7 Å². The summed E-state index contributed by atoms with van der Waals surface area (Å²) in [5.74, 6) is 0.383. The molecule has 3 aromatic carbocycles. The first-order valence-electron chi connectivity index (χ1n) is 14.8. The van der Waals surface area contributed by atoms with Gasteiger partial charge in [0.15, 0.2) is 11.5 Å². The van der Waals surface area contributed by atoms with Crippen molar-refractivity contribution in [1.29, 1.82) is 0 Å². The Kier molecular flexibility index (Phi) is 7.73. The van der Waals surface area contributed by atoms with Gasteiger partial charge in [-0.05, 0) is 86.0 Å². The molecule has 2 aliphatic rings. The van der Waals surface area contributed by atoms with Crippen molar-refractivity contribution < 1.29 is 13.9 Å². The summed E-state index contributed by atoms with van der Waals surface area (Å²) >= 11 is 0. The van der Waals surface area contributed by atoms with Crippen LogP contribution in [0.25, 0.3) is 27.4 Å². The maximum atomic E-state index is 15.8. The van der Waals surface area contributed by atoms with Gasteiger partial charge in [-0.1, -0.05) is 30.8 Å². The predicted octanol–water partition coefficient (Wildman–Crippen LogP) is 6.03. The molecule has 42 heavy (non-hydrogen) atoms. The van der Waals surface area contributed by atoms with Crippen LogP contribution < -0.4 is 21.2 Å². The number of halogens is 1. The quantitative estimate of drug-likeness (QED) is 0.201. The fourth-order valence-electron chi connectivity index (χ4n) is 6.35. The molecule has 1 fully saturated rings. The minimum Gasteiger partial charge on any atom is -0.452 e. The van der Waals surface area contributed by atoms with Gasteiger partial charge >= 0.3 is 0 Å². The van der Waals surface area contributed by atoms with E-state index in [1.807, 2.05) is 52.9 Å². The SMILES string of the molecule is C=CN(C)CCCCNC(=O)c1cn2c3c(c(CCC4CC[C@@H](N)C4)c(F)cc3c1=O)Oc1cc3ccccc3cc1-2. The van der Waals surface area contributed by atoms with Gasteiger partial charge in [0, 0.05) is 37.9 Å². The highest BCUT2D eigenvalue weighted by atomic mass is 19.1. The minimum atomic E-state index is -0.508. The molecule has 3 N–H and O–H groups in total. The van der Waals surface area contributed by atoms with E-state index in [-0.39, 0.29) is 17.0 Å². The van der Waals surface area contributed by atoms with Crippen molar-refractivity contribution in [2.45, 2.75) is 51.0 Å². The molecule has 0 saturated heterocycles.